The van der Waals surface area contributed by atoms with Crippen molar-refractivity contribution in [2.45, 2.75) is 44.1 Å². The SMILES string of the molecule is CC(C)(C)C1(C)CC(Cl)(Cl)C(=O)O1. The topological polar surface area (TPSA) is 26.3 Å². The van der Waals surface area contributed by atoms with Gasteiger partial charge in [0.05, 0.1) is 0 Å². The van der Waals surface area contributed by atoms with Gasteiger partial charge in [0.2, 0.25) is 4.33 Å². The van der Waals surface area contributed by atoms with Crippen molar-refractivity contribution in [1.82, 2.24) is 0 Å². The number of esters is 1. The lowest BCUT2D eigenvalue weighted by Crippen LogP contribution is -2.39. The molecule has 76 valence electrons. The zero-order valence-corrected chi connectivity index (χ0v) is 9.79. The molecule has 0 bridgehead atoms. The van der Waals surface area contributed by atoms with Gasteiger partial charge in [0, 0.05) is 11.8 Å². The molecule has 13 heavy (non-hydrogen) atoms. The number of hydrogen-bond acceptors (Lipinski definition) is 2. The first-order chi connectivity index (χ1) is 5.58. The fourth-order valence-corrected chi connectivity index (χ4v) is 1.82. The molecular weight excluding hydrogens is 211 g/mol. The largest absolute Gasteiger partial charge is 0.456 e. The van der Waals surface area contributed by atoms with Crippen LogP contribution in [-0.4, -0.2) is 15.9 Å². The third-order valence-corrected chi connectivity index (χ3v) is 3.34. The van der Waals surface area contributed by atoms with E-state index in [-0.39, 0.29) is 5.41 Å². The molecule has 1 aliphatic rings. The van der Waals surface area contributed by atoms with Crippen LogP contribution in [0.5, 0.6) is 0 Å². The van der Waals surface area contributed by atoms with Crippen molar-refractivity contribution in [2.75, 3.05) is 0 Å². The van der Waals surface area contributed by atoms with Gasteiger partial charge in [-0.2, -0.15) is 0 Å². The minimum atomic E-state index is -1.37. The number of cyclic esters (lactones) is 1. The smallest absolute Gasteiger partial charge is 0.343 e. The van der Waals surface area contributed by atoms with Crippen LogP contribution in [0.3, 0.4) is 0 Å². The van der Waals surface area contributed by atoms with Crippen molar-refractivity contribution in [3.8, 4) is 0 Å². The molecule has 0 aliphatic carbocycles. The van der Waals surface area contributed by atoms with E-state index >= 15 is 0 Å². The van der Waals surface area contributed by atoms with Gasteiger partial charge in [-0.15, -0.1) is 0 Å². The molecule has 0 amide bonds. The van der Waals surface area contributed by atoms with Gasteiger partial charge in [-0.1, -0.05) is 44.0 Å². The lowest BCUT2D eigenvalue weighted by molar-refractivity contribution is -0.155. The third kappa shape index (κ3) is 1.79. The molecule has 1 rings (SSSR count). The minimum absolute atomic E-state index is 0.159. The second-order valence-corrected chi connectivity index (χ2v) is 6.24. The molecule has 0 N–H and O–H groups in total. The highest BCUT2D eigenvalue weighted by Crippen LogP contribution is 2.49. The Morgan fingerprint density at radius 3 is 2.00 bits per heavy atom. The van der Waals surface area contributed by atoms with Gasteiger partial charge in [-0.3, -0.25) is 0 Å². The molecule has 0 aromatic rings. The van der Waals surface area contributed by atoms with E-state index in [0.29, 0.717) is 6.42 Å². The molecule has 1 saturated heterocycles. The second-order valence-electron chi connectivity index (χ2n) is 4.75. The maximum absolute atomic E-state index is 11.3. The molecule has 1 atom stereocenters. The van der Waals surface area contributed by atoms with E-state index in [4.69, 9.17) is 27.9 Å². The van der Waals surface area contributed by atoms with E-state index in [1.54, 1.807) is 0 Å². The summed E-state index contributed by atoms with van der Waals surface area (Å²) in [5.74, 6) is -0.534. The van der Waals surface area contributed by atoms with Crippen LogP contribution in [0, 0.1) is 5.41 Å². The number of hydrogen-bond donors (Lipinski definition) is 0. The summed E-state index contributed by atoms with van der Waals surface area (Å²) in [6.45, 7) is 7.85. The van der Waals surface area contributed by atoms with Gasteiger partial charge < -0.3 is 4.74 Å². The van der Waals surface area contributed by atoms with Crippen LogP contribution in [-0.2, 0) is 9.53 Å². The van der Waals surface area contributed by atoms with Crippen LogP contribution in [0.25, 0.3) is 0 Å². The number of alkyl halides is 2. The Hall–Kier alpha value is 0.0500. The normalized spacial score (nSPS) is 33.2. The highest BCUT2D eigenvalue weighted by Gasteiger charge is 2.57. The Bertz CT molecular complexity index is 242. The second kappa shape index (κ2) is 2.77. The first kappa shape index (κ1) is 11.1. The van der Waals surface area contributed by atoms with Gasteiger partial charge in [0.25, 0.3) is 0 Å². The summed E-state index contributed by atoms with van der Waals surface area (Å²) >= 11 is 11.6. The van der Waals surface area contributed by atoms with E-state index in [9.17, 15) is 4.79 Å². The molecule has 0 spiro atoms. The molecule has 1 fully saturated rings. The Morgan fingerprint density at radius 1 is 1.38 bits per heavy atom. The summed E-state index contributed by atoms with van der Waals surface area (Å²) in [6, 6.07) is 0. The zero-order chi connectivity index (χ0) is 10.5. The lowest BCUT2D eigenvalue weighted by Gasteiger charge is -2.36. The summed E-state index contributed by atoms with van der Waals surface area (Å²) in [6.07, 6.45) is 0.339. The summed E-state index contributed by atoms with van der Waals surface area (Å²) < 4.78 is 3.85. The Balaban J connectivity index is 2.96. The maximum atomic E-state index is 11.3. The van der Waals surface area contributed by atoms with Crippen molar-refractivity contribution in [3.63, 3.8) is 0 Å². The molecule has 0 radical (unpaired) electrons. The van der Waals surface area contributed by atoms with Gasteiger partial charge in [-0.05, 0) is 6.92 Å². The number of carbonyl (C=O) groups is 1. The maximum Gasteiger partial charge on any atom is 0.343 e. The van der Waals surface area contributed by atoms with Gasteiger partial charge in [0.15, 0.2) is 0 Å². The van der Waals surface area contributed by atoms with E-state index in [1.807, 2.05) is 27.7 Å². The van der Waals surface area contributed by atoms with E-state index < -0.39 is 15.9 Å². The fraction of sp³-hybridized carbons (Fsp3) is 0.889. The first-order valence-corrected chi connectivity index (χ1v) is 4.95. The molecule has 0 aromatic heterocycles. The van der Waals surface area contributed by atoms with Crippen molar-refractivity contribution < 1.29 is 9.53 Å². The predicted molar refractivity (Wildman–Crippen MR) is 53.0 cm³/mol. The van der Waals surface area contributed by atoms with Crippen molar-refractivity contribution in [2.24, 2.45) is 5.41 Å². The van der Waals surface area contributed by atoms with Crippen LogP contribution in [0.15, 0.2) is 0 Å². The van der Waals surface area contributed by atoms with Gasteiger partial charge >= 0.3 is 5.97 Å². The zero-order valence-electron chi connectivity index (χ0n) is 8.28. The van der Waals surface area contributed by atoms with Crippen LogP contribution >= 0.6 is 23.2 Å². The van der Waals surface area contributed by atoms with Crippen LogP contribution in [0.1, 0.15) is 34.1 Å². The molecule has 2 nitrogen and oxygen atoms in total. The Labute approximate surface area is 88.5 Å². The van der Waals surface area contributed by atoms with Gasteiger partial charge in [0.1, 0.15) is 5.60 Å². The lowest BCUT2D eigenvalue weighted by atomic mass is 9.76. The minimum Gasteiger partial charge on any atom is -0.456 e. The van der Waals surface area contributed by atoms with Gasteiger partial charge in [-0.25, -0.2) is 4.79 Å². The van der Waals surface area contributed by atoms with Crippen molar-refractivity contribution in [3.05, 3.63) is 0 Å². The standard InChI is InChI=1S/C9H14Cl2O2/c1-7(2,3)8(4)5-9(10,11)6(12)13-8/h5H2,1-4H3. The number of ether oxygens (including phenoxy) is 1. The molecular formula is C9H14Cl2O2. The fourth-order valence-electron chi connectivity index (χ4n) is 1.23. The molecule has 1 aliphatic heterocycles. The van der Waals surface area contributed by atoms with Crippen molar-refractivity contribution >= 4 is 29.2 Å². The summed E-state index contributed by atoms with van der Waals surface area (Å²) in [4.78, 5) is 11.3. The predicted octanol–water partition coefficient (Wildman–Crippen LogP) is 2.91. The van der Waals surface area contributed by atoms with Crippen LogP contribution in [0.2, 0.25) is 0 Å². The van der Waals surface area contributed by atoms with E-state index in [1.165, 1.54) is 0 Å². The quantitative estimate of drug-likeness (QED) is 0.468. The first-order valence-electron chi connectivity index (χ1n) is 4.20. The molecule has 1 heterocycles. The summed E-state index contributed by atoms with van der Waals surface area (Å²) in [5, 5.41) is 0. The number of carbonyl (C=O) groups excluding carboxylic acids is 1. The Morgan fingerprint density at radius 2 is 1.85 bits per heavy atom. The number of rotatable bonds is 0. The van der Waals surface area contributed by atoms with E-state index in [2.05, 4.69) is 0 Å². The molecule has 1 unspecified atom stereocenters. The van der Waals surface area contributed by atoms with Crippen LogP contribution < -0.4 is 0 Å². The average Bonchev–Trinajstić information content (AvgIpc) is 2.01. The number of halogens is 2. The average molecular weight is 225 g/mol. The van der Waals surface area contributed by atoms with E-state index in [0.717, 1.165) is 0 Å². The van der Waals surface area contributed by atoms with Crippen molar-refractivity contribution in [1.29, 1.82) is 0 Å². The highest BCUT2D eigenvalue weighted by atomic mass is 35.5. The van der Waals surface area contributed by atoms with Crippen LogP contribution in [0.4, 0.5) is 0 Å². The summed E-state index contributed by atoms with van der Waals surface area (Å²) in [7, 11) is 0. The third-order valence-electron chi connectivity index (χ3n) is 2.76. The Kier molecular flexibility index (Phi) is 2.37. The monoisotopic (exact) mass is 224 g/mol. The molecule has 0 aromatic carbocycles. The molecule has 4 heteroatoms. The summed E-state index contributed by atoms with van der Waals surface area (Å²) in [5.41, 5.74) is -0.734. The molecule has 0 saturated carbocycles. The highest BCUT2D eigenvalue weighted by molar-refractivity contribution is 6.58.